The monoisotopic (exact) mass is 380 g/mol. The maximum absolute atomic E-state index is 12.1. The van der Waals surface area contributed by atoms with Crippen LogP contribution >= 0.6 is 0 Å². The Kier molecular flexibility index (Phi) is 4.80. The number of hydrogen-bond donors (Lipinski definition) is 2. The predicted molar refractivity (Wildman–Crippen MR) is 107 cm³/mol. The molecule has 4 rings (SSSR count). The zero-order valence-corrected chi connectivity index (χ0v) is 16.5. The summed E-state index contributed by atoms with van der Waals surface area (Å²) in [6, 6.07) is 16.0. The number of ether oxygens (including phenoxy) is 1. The van der Waals surface area contributed by atoms with Crippen LogP contribution in [-0.2, 0) is 22.2 Å². The van der Waals surface area contributed by atoms with Crippen LogP contribution in [0.4, 0.5) is 0 Å². The number of esters is 1. The Hall–Kier alpha value is -2.17. The second-order valence-electron chi connectivity index (χ2n) is 8.67. The van der Waals surface area contributed by atoms with Crippen LogP contribution in [0.1, 0.15) is 59.7 Å². The van der Waals surface area contributed by atoms with Crippen molar-refractivity contribution >= 4 is 5.97 Å². The van der Waals surface area contributed by atoms with Crippen molar-refractivity contribution in [2.75, 3.05) is 7.11 Å². The molecule has 1 fully saturated rings. The number of benzene rings is 2. The molecule has 4 atom stereocenters. The Morgan fingerprint density at radius 3 is 2.64 bits per heavy atom. The van der Waals surface area contributed by atoms with Crippen LogP contribution in [0.2, 0.25) is 0 Å². The normalized spacial score (nSPS) is 31.6. The Morgan fingerprint density at radius 1 is 1.18 bits per heavy atom. The molecule has 0 amide bonds. The van der Waals surface area contributed by atoms with E-state index < -0.39 is 11.6 Å². The van der Waals surface area contributed by atoms with Gasteiger partial charge in [-0.15, -0.1) is 0 Å². The summed E-state index contributed by atoms with van der Waals surface area (Å²) >= 11 is 0. The first-order valence-electron chi connectivity index (χ1n) is 10.0. The highest BCUT2D eigenvalue weighted by Gasteiger charge is 2.52. The lowest BCUT2D eigenvalue weighted by Gasteiger charge is -2.54. The zero-order valence-electron chi connectivity index (χ0n) is 16.5. The van der Waals surface area contributed by atoms with Crippen LogP contribution in [0.3, 0.4) is 0 Å². The molecule has 4 unspecified atom stereocenters. The molecule has 0 aliphatic heterocycles. The Labute approximate surface area is 166 Å². The first-order chi connectivity index (χ1) is 13.4. The number of hydrogen-bond acceptors (Lipinski definition) is 4. The minimum atomic E-state index is -1.04. The van der Waals surface area contributed by atoms with E-state index in [0.29, 0.717) is 18.4 Å². The molecule has 0 radical (unpaired) electrons. The maximum Gasteiger partial charge on any atom is 0.337 e. The van der Waals surface area contributed by atoms with Gasteiger partial charge in [0.25, 0.3) is 0 Å². The molecule has 148 valence electrons. The molecule has 2 aliphatic rings. The second kappa shape index (κ2) is 7.02. The topological polar surface area (TPSA) is 66.8 Å². The molecule has 2 aromatic carbocycles. The van der Waals surface area contributed by atoms with Crippen molar-refractivity contribution in [2.24, 2.45) is 5.92 Å². The van der Waals surface area contributed by atoms with Crippen molar-refractivity contribution in [3.8, 4) is 0 Å². The minimum absolute atomic E-state index is 0.146. The highest BCUT2D eigenvalue weighted by molar-refractivity contribution is 5.89. The van der Waals surface area contributed by atoms with E-state index >= 15 is 0 Å². The van der Waals surface area contributed by atoms with Gasteiger partial charge in [0, 0.05) is 5.41 Å². The molecule has 0 saturated heterocycles. The third-order valence-electron chi connectivity index (χ3n) is 6.83. The molecule has 0 spiro atoms. The van der Waals surface area contributed by atoms with E-state index in [-0.39, 0.29) is 17.4 Å². The van der Waals surface area contributed by atoms with Crippen LogP contribution in [0.25, 0.3) is 0 Å². The summed E-state index contributed by atoms with van der Waals surface area (Å²) < 4.78 is 4.88. The van der Waals surface area contributed by atoms with E-state index in [1.807, 2.05) is 19.1 Å². The quantitative estimate of drug-likeness (QED) is 0.797. The van der Waals surface area contributed by atoms with E-state index in [1.165, 1.54) is 12.7 Å². The van der Waals surface area contributed by atoms with Crippen LogP contribution in [0, 0.1) is 5.92 Å². The summed E-state index contributed by atoms with van der Waals surface area (Å²) in [5, 5.41) is 21.6. The van der Waals surface area contributed by atoms with Crippen LogP contribution in [0.15, 0.2) is 48.5 Å². The Morgan fingerprint density at radius 2 is 1.93 bits per heavy atom. The number of rotatable bonds is 3. The van der Waals surface area contributed by atoms with Gasteiger partial charge in [0.15, 0.2) is 0 Å². The summed E-state index contributed by atoms with van der Waals surface area (Å²) in [6.45, 7) is 1.82. The van der Waals surface area contributed by atoms with Crippen LogP contribution in [0.5, 0.6) is 0 Å². The van der Waals surface area contributed by atoms with Gasteiger partial charge in [-0.1, -0.05) is 36.4 Å². The van der Waals surface area contributed by atoms with Crippen molar-refractivity contribution < 1.29 is 19.7 Å². The fraction of sp³-hybridized carbons (Fsp3) is 0.458. The average molecular weight is 380 g/mol. The van der Waals surface area contributed by atoms with E-state index in [9.17, 15) is 15.0 Å². The van der Waals surface area contributed by atoms with Crippen molar-refractivity contribution in [3.05, 3.63) is 70.8 Å². The van der Waals surface area contributed by atoms with Gasteiger partial charge in [0.1, 0.15) is 0 Å². The summed E-state index contributed by atoms with van der Waals surface area (Å²) in [6.07, 6.45) is 3.44. The minimum Gasteiger partial charge on any atom is -0.465 e. The van der Waals surface area contributed by atoms with Crippen molar-refractivity contribution in [1.82, 2.24) is 0 Å². The smallest absolute Gasteiger partial charge is 0.337 e. The van der Waals surface area contributed by atoms with Gasteiger partial charge < -0.3 is 14.9 Å². The number of methoxy groups -OCH3 is 1. The molecule has 28 heavy (non-hydrogen) atoms. The molecule has 2 aromatic rings. The molecule has 0 bridgehead atoms. The fourth-order valence-corrected chi connectivity index (χ4v) is 5.48. The largest absolute Gasteiger partial charge is 0.465 e. The summed E-state index contributed by atoms with van der Waals surface area (Å²) in [4.78, 5) is 12.1. The standard InChI is InChI=1S/C24H28O4/c1-23(27)15-18-13-19(25)10-11-24(18,14-16-6-4-3-5-7-16)20-9-8-17(12-21(20)23)22(26)28-2/h3-9,12,18-19,25,27H,10-11,13-15H2,1-2H3. The first-order valence-corrected chi connectivity index (χ1v) is 10.0. The molecule has 0 aromatic heterocycles. The van der Waals surface area contributed by atoms with Gasteiger partial charge in [-0.25, -0.2) is 4.79 Å². The van der Waals surface area contributed by atoms with Crippen molar-refractivity contribution in [3.63, 3.8) is 0 Å². The third-order valence-corrected chi connectivity index (χ3v) is 6.83. The summed E-state index contributed by atoms with van der Waals surface area (Å²) in [5.41, 5.74) is 2.46. The number of aliphatic hydroxyl groups excluding tert-OH is 1. The van der Waals surface area contributed by atoms with Gasteiger partial charge >= 0.3 is 5.97 Å². The van der Waals surface area contributed by atoms with Crippen LogP contribution in [-0.4, -0.2) is 29.4 Å². The van der Waals surface area contributed by atoms with Crippen molar-refractivity contribution in [1.29, 1.82) is 0 Å². The van der Waals surface area contributed by atoms with Gasteiger partial charge in [0.2, 0.25) is 0 Å². The zero-order chi connectivity index (χ0) is 19.9. The summed E-state index contributed by atoms with van der Waals surface area (Å²) in [5.74, 6) is -0.208. The second-order valence-corrected chi connectivity index (χ2v) is 8.67. The van der Waals surface area contributed by atoms with Crippen molar-refractivity contribution in [2.45, 2.75) is 56.1 Å². The van der Waals surface area contributed by atoms with Gasteiger partial charge in [0.05, 0.1) is 24.4 Å². The Balaban J connectivity index is 1.87. The molecule has 4 heteroatoms. The van der Waals surface area contributed by atoms with Gasteiger partial charge in [-0.2, -0.15) is 0 Å². The van der Waals surface area contributed by atoms with E-state index in [2.05, 4.69) is 24.3 Å². The lowest BCUT2D eigenvalue weighted by atomic mass is 9.52. The summed E-state index contributed by atoms with van der Waals surface area (Å²) in [7, 11) is 1.37. The molecular formula is C24H28O4. The van der Waals surface area contributed by atoms with E-state index in [0.717, 1.165) is 30.4 Å². The molecule has 0 heterocycles. The predicted octanol–water partition coefficient (Wildman–Crippen LogP) is 3.73. The average Bonchev–Trinajstić information content (AvgIpc) is 2.69. The highest BCUT2D eigenvalue weighted by Crippen LogP contribution is 2.56. The van der Waals surface area contributed by atoms with Gasteiger partial charge in [-0.05, 0) is 73.8 Å². The highest BCUT2D eigenvalue weighted by atomic mass is 16.5. The number of carbonyl (C=O) groups excluding carboxylic acids is 1. The molecule has 1 saturated carbocycles. The maximum atomic E-state index is 12.1. The number of carbonyl (C=O) groups is 1. The third kappa shape index (κ3) is 3.15. The SMILES string of the molecule is COC(=O)c1ccc2c(c1)C(C)(O)CC1CC(O)CCC21Cc1ccccc1. The Bertz CT molecular complexity index is 873. The lowest BCUT2D eigenvalue weighted by Crippen LogP contribution is -2.51. The fourth-order valence-electron chi connectivity index (χ4n) is 5.48. The van der Waals surface area contributed by atoms with E-state index in [1.54, 1.807) is 12.1 Å². The molecule has 2 aliphatic carbocycles. The lowest BCUT2D eigenvalue weighted by molar-refractivity contribution is -0.0403. The first kappa shape index (κ1) is 19.2. The molecule has 2 N–H and O–H groups in total. The number of aliphatic hydroxyl groups is 2. The van der Waals surface area contributed by atoms with Crippen LogP contribution < -0.4 is 0 Å². The molecule has 4 nitrogen and oxygen atoms in total. The van der Waals surface area contributed by atoms with Gasteiger partial charge in [-0.3, -0.25) is 0 Å². The van der Waals surface area contributed by atoms with E-state index in [4.69, 9.17) is 4.74 Å². The molecular weight excluding hydrogens is 352 g/mol. The number of fused-ring (bicyclic) bond motifs is 3.